The molecule has 162 valence electrons. The average Bonchev–Trinajstić information content (AvgIpc) is 2.62. The molecule has 0 aliphatic carbocycles. The minimum atomic E-state index is -0.597. The normalized spacial score (nSPS) is 18.0. The number of amides is 2. The lowest BCUT2D eigenvalue weighted by atomic mass is 9.92. The Labute approximate surface area is 172 Å². The molecule has 0 radical (unpaired) electrons. The molecule has 1 fully saturated rings. The molecule has 2 amide bonds. The maximum atomic E-state index is 14.3. The van der Waals surface area contributed by atoms with Crippen LogP contribution in [0.15, 0.2) is 18.2 Å². The summed E-state index contributed by atoms with van der Waals surface area (Å²) in [5.74, 6) is -0.654. The summed E-state index contributed by atoms with van der Waals surface area (Å²) in [5, 5.41) is 5.32. The Balaban J connectivity index is 2.16. The van der Waals surface area contributed by atoms with Crippen molar-refractivity contribution < 1.29 is 18.7 Å². The van der Waals surface area contributed by atoms with Crippen molar-refractivity contribution in [1.82, 2.24) is 15.1 Å². The van der Waals surface area contributed by atoms with Crippen LogP contribution in [-0.2, 0) is 9.53 Å². The van der Waals surface area contributed by atoms with Gasteiger partial charge in [0.2, 0.25) is 6.41 Å². The number of piperazine rings is 1. The molecule has 7 nitrogen and oxygen atoms in total. The molecule has 0 spiro atoms. The highest BCUT2D eigenvalue weighted by Gasteiger charge is 2.28. The number of likely N-dealkylation sites (N-methyl/N-ethyl adjacent to an activating group) is 1. The molecule has 1 saturated heterocycles. The van der Waals surface area contributed by atoms with Gasteiger partial charge in [0, 0.05) is 38.6 Å². The largest absolute Gasteiger partial charge is 0.444 e. The minimum absolute atomic E-state index is 0.131. The summed E-state index contributed by atoms with van der Waals surface area (Å²) in [6, 6.07) is 4.46. The van der Waals surface area contributed by atoms with Gasteiger partial charge in [0.05, 0.1) is 11.7 Å². The Hall–Kier alpha value is -2.19. The van der Waals surface area contributed by atoms with E-state index < -0.39 is 17.5 Å². The zero-order valence-corrected chi connectivity index (χ0v) is 18.0. The molecule has 2 N–H and O–H groups in total. The number of alkyl carbamates (subject to hydrolysis) is 1. The molecule has 2 rings (SSSR count). The number of hydrogen-bond acceptors (Lipinski definition) is 5. The van der Waals surface area contributed by atoms with E-state index in [-0.39, 0.29) is 17.6 Å². The van der Waals surface area contributed by atoms with Crippen LogP contribution in [-0.4, -0.2) is 73.7 Å². The van der Waals surface area contributed by atoms with Gasteiger partial charge < -0.3 is 20.3 Å². The predicted octanol–water partition coefficient (Wildman–Crippen LogP) is 2.64. The molecule has 1 aliphatic heterocycles. The van der Waals surface area contributed by atoms with Crippen LogP contribution in [0, 0.1) is 5.82 Å². The molecular formula is C21H33FN4O3. The molecule has 0 aromatic heterocycles. The highest BCUT2D eigenvalue weighted by Crippen LogP contribution is 2.25. The number of ether oxygens (including phenoxy) is 1. The first-order chi connectivity index (χ1) is 13.6. The maximum Gasteiger partial charge on any atom is 0.407 e. The third-order valence-electron chi connectivity index (χ3n) is 5.09. The zero-order valence-electron chi connectivity index (χ0n) is 18.0. The summed E-state index contributed by atoms with van der Waals surface area (Å²) in [5.41, 5.74) is 0.278. The van der Waals surface area contributed by atoms with E-state index in [4.69, 9.17) is 4.74 Å². The van der Waals surface area contributed by atoms with E-state index in [1.165, 1.54) is 12.1 Å². The van der Waals surface area contributed by atoms with Crippen molar-refractivity contribution >= 4 is 18.2 Å². The van der Waals surface area contributed by atoms with Crippen molar-refractivity contribution in [3.8, 4) is 0 Å². The van der Waals surface area contributed by atoms with Gasteiger partial charge in [0.25, 0.3) is 0 Å². The summed E-state index contributed by atoms with van der Waals surface area (Å²) >= 11 is 0. The Morgan fingerprint density at radius 3 is 2.48 bits per heavy atom. The second-order valence-electron chi connectivity index (χ2n) is 8.65. The summed E-state index contributed by atoms with van der Waals surface area (Å²) in [4.78, 5) is 27.6. The van der Waals surface area contributed by atoms with Crippen LogP contribution in [0.1, 0.15) is 39.2 Å². The van der Waals surface area contributed by atoms with Crippen LogP contribution >= 0.6 is 0 Å². The number of anilines is 1. The lowest BCUT2D eigenvalue weighted by molar-refractivity contribution is -0.105. The summed E-state index contributed by atoms with van der Waals surface area (Å²) in [7, 11) is 2.09. The number of halogens is 1. The van der Waals surface area contributed by atoms with Crippen molar-refractivity contribution in [2.45, 2.75) is 45.3 Å². The molecule has 1 aromatic carbocycles. The van der Waals surface area contributed by atoms with Crippen LogP contribution in [0.3, 0.4) is 0 Å². The highest BCUT2D eigenvalue weighted by atomic mass is 19.1. The second-order valence-corrected chi connectivity index (χ2v) is 8.65. The average molecular weight is 409 g/mol. The van der Waals surface area contributed by atoms with E-state index >= 15 is 0 Å². The van der Waals surface area contributed by atoms with Gasteiger partial charge in [-0.25, -0.2) is 9.18 Å². The highest BCUT2D eigenvalue weighted by molar-refractivity contribution is 5.71. The molecule has 1 heterocycles. The molecule has 29 heavy (non-hydrogen) atoms. The SMILES string of the molecule is C[C@@H](c1ccc(NC=O)c(F)c1)[C@H](CN1CCN(C)CC1)NC(=O)OC(C)(C)C. The van der Waals surface area contributed by atoms with Gasteiger partial charge >= 0.3 is 6.09 Å². The number of carbonyl (C=O) groups is 2. The standard InChI is InChI=1S/C21H33FN4O3/c1-15(16-6-7-18(23-14-27)17(22)12-16)19(24-20(28)29-21(2,3)4)13-26-10-8-25(5)9-11-26/h6-7,12,14-15,19H,8-11,13H2,1-5H3,(H,23,27)(H,24,28)/t15-,19-/m0/s1. The maximum absolute atomic E-state index is 14.3. The van der Waals surface area contributed by atoms with Crippen LogP contribution < -0.4 is 10.6 Å². The van der Waals surface area contributed by atoms with Crippen LogP contribution in [0.5, 0.6) is 0 Å². The van der Waals surface area contributed by atoms with E-state index in [1.807, 2.05) is 27.7 Å². The lowest BCUT2D eigenvalue weighted by Gasteiger charge is -2.36. The molecule has 2 atom stereocenters. The third kappa shape index (κ3) is 7.29. The van der Waals surface area contributed by atoms with Crippen molar-refractivity contribution in [2.24, 2.45) is 0 Å². The van der Waals surface area contributed by atoms with Crippen molar-refractivity contribution in [3.05, 3.63) is 29.6 Å². The first kappa shape index (κ1) is 23.1. The van der Waals surface area contributed by atoms with Gasteiger partial charge in [-0.1, -0.05) is 13.0 Å². The van der Waals surface area contributed by atoms with E-state index in [0.29, 0.717) is 13.0 Å². The molecule has 8 heteroatoms. The van der Waals surface area contributed by atoms with Gasteiger partial charge in [0.15, 0.2) is 0 Å². The van der Waals surface area contributed by atoms with Gasteiger partial charge in [0.1, 0.15) is 11.4 Å². The fourth-order valence-electron chi connectivity index (χ4n) is 3.32. The number of nitrogens with zero attached hydrogens (tertiary/aromatic N) is 2. The Kier molecular flexibility index (Phi) is 7.98. The Morgan fingerprint density at radius 2 is 1.93 bits per heavy atom. The second kappa shape index (κ2) is 10.0. The number of benzene rings is 1. The predicted molar refractivity (Wildman–Crippen MR) is 112 cm³/mol. The summed E-state index contributed by atoms with van der Waals surface area (Å²) in [6.45, 7) is 11.8. The minimum Gasteiger partial charge on any atom is -0.444 e. The van der Waals surface area contributed by atoms with Gasteiger partial charge in [-0.2, -0.15) is 0 Å². The Morgan fingerprint density at radius 1 is 1.28 bits per heavy atom. The fraction of sp³-hybridized carbons (Fsp3) is 0.619. The molecule has 0 saturated carbocycles. The van der Waals surface area contributed by atoms with E-state index in [9.17, 15) is 14.0 Å². The lowest BCUT2D eigenvalue weighted by Crippen LogP contribution is -2.52. The van der Waals surface area contributed by atoms with E-state index in [2.05, 4.69) is 27.5 Å². The summed E-state index contributed by atoms with van der Waals surface area (Å²) < 4.78 is 19.7. The molecule has 0 bridgehead atoms. The van der Waals surface area contributed by atoms with E-state index in [1.54, 1.807) is 6.07 Å². The first-order valence-electron chi connectivity index (χ1n) is 9.99. The molecule has 1 aliphatic rings. The Bertz CT molecular complexity index is 700. The summed E-state index contributed by atoms with van der Waals surface area (Å²) in [6.07, 6.45) is -0.0370. The number of nitrogens with one attached hydrogen (secondary N) is 2. The number of hydrogen-bond donors (Lipinski definition) is 2. The molecule has 0 unspecified atom stereocenters. The fourth-order valence-corrected chi connectivity index (χ4v) is 3.32. The van der Waals surface area contributed by atoms with Crippen molar-refractivity contribution in [2.75, 3.05) is 45.1 Å². The first-order valence-corrected chi connectivity index (χ1v) is 9.99. The van der Waals surface area contributed by atoms with Crippen LogP contribution in [0.25, 0.3) is 0 Å². The quantitative estimate of drug-likeness (QED) is 0.679. The smallest absolute Gasteiger partial charge is 0.407 e. The van der Waals surface area contributed by atoms with Crippen molar-refractivity contribution in [3.63, 3.8) is 0 Å². The van der Waals surface area contributed by atoms with Gasteiger partial charge in [-0.05, 0) is 45.5 Å². The zero-order chi connectivity index (χ0) is 21.6. The number of carbonyl (C=O) groups excluding carboxylic acids is 2. The van der Waals surface area contributed by atoms with Crippen molar-refractivity contribution in [1.29, 1.82) is 0 Å². The molecule has 1 aromatic rings. The van der Waals surface area contributed by atoms with E-state index in [0.717, 1.165) is 31.7 Å². The monoisotopic (exact) mass is 408 g/mol. The van der Waals surface area contributed by atoms with Gasteiger partial charge in [-0.3, -0.25) is 9.69 Å². The van der Waals surface area contributed by atoms with Gasteiger partial charge in [-0.15, -0.1) is 0 Å². The number of rotatable bonds is 7. The topological polar surface area (TPSA) is 73.9 Å². The molecular weight excluding hydrogens is 375 g/mol. The third-order valence-corrected chi connectivity index (χ3v) is 5.09. The van der Waals surface area contributed by atoms with Crippen LogP contribution in [0.4, 0.5) is 14.9 Å². The van der Waals surface area contributed by atoms with Crippen LogP contribution in [0.2, 0.25) is 0 Å².